The molecule has 3 aromatic rings. The first-order valence-corrected chi connectivity index (χ1v) is 11.1. The van der Waals surface area contributed by atoms with Crippen molar-refractivity contribution in [3.8, 4) is 35.0 Å². The van der Waals surface area contributed by atoms with E-state index >= 15 is 0 Å². The minimum Gasteiger partial charge on any atom is -0.504 e. The molecule has 0 atom stereocenters. The third kappa shape index (κ3) is 5.12. The molecule has 2 amide bonds. The Morgan fingerprint density at radius 3 is 2.67 bits per heavy atom. The van der Waals surface area contributed by atoms with Gasteiger partial charge in [0.25, 0.3) is 17.7 Å². The van der Waals surface area contributed by atoms with Gasteiger partial charge in [-0.1, -0.05) is 6.07 Å². The molecule has 186 valence electrons. The Morgan fingerprint density at radius 1 is 1.17 bits per heavy atom. The standard InChI is InChI=1S/C24H24N6O6/c1-3-30(4-2)23(33)14-6-5-7-15(10-14)35-22-19-21(34-12-18(32)27-19)28-24(29-22)36-17-11-13(20(25)26)8-9-16(17)31/h5-11,31H,3-4,12H2,1-2H3,(H3,25,26)(H,27,32). The van der Waals surface area contributed by atoms with Crippen LogP contribution in [0, 0.1) is 5.41 Å². The SMILES string of the molecule is CCN(CC)C(=O)c1cccc(Oc2nc(Oc3cc(C(=N)N)ccc3O)nc3c2NC(=O)CO3)c1. The number of hydrogen-bond acceptors (Lipinski definition) is 9. The lowest BCUT2D eigenvalue weighted by Gasteiger charge is -2.21. The minimum absolute atomic E-state index is 0.00724. The van der Waals surface area contributed by atoms with Crippen LogP contribution in [0.1, 0.15) is 29.8 Å². The molecule has 5 N–H and O–H groups in total. The summed E-state index contributed by atoms with van der Waals surface area (Å²) in [7, 11) is 0. The minimum atomic E-state index is -0.429. The van der Waals surface area contributed by atoms with Gasteiger partial charge in [-0.15, -0.1) is 0 Å². The fraction of sp³-hybridized carbons (Fsp3) is 0.208. The van der Waals surface area contributed by atoms with Gasteiger partial charge >= 0.3 is 6.01 Å². The van der Waals surface area contributed by atoms with Crippen LogP contribution in [-0.2, 0) is 4.79 Å². The van der Waals surface area contributed by atoms with Crippen molar-refractivity contribution in [1.29, 1.82) is 5.41 Å². The van der Waals surface area contributed by atoms with E-state index < -0.39 is 5.91 Å². The molecular weight excluding hydrogens is 468 g/mol. The predicted octanol–water partition coefficient (Wildman–Crippen LogP) is 2.86. The number of ether oxygens (including phenoxy) is 3. The van der Waals surface area contributed by atoms with Gasteiger partial charge in [0.2, 0.25) is 5.88 Å². The molecule has 4 rings (SSSR count). The average molecular weight is 492 g/mol. The number of nitrogen functional groups attached to an aromatic ring is 1. The van der Waals surface area contributed by atoms with Crippen molar-refractivity contribution in [1.82, 2.24) is 14.9 Å². The van der Waals surface area contributed by atoms with Gasteiger partial charge in [0.1, 0.15) is 11.6 Å². The summed E-state index contributed by atoms with van der Waals surface area (Å²) in [6, 6.07) is 10.4. The summed E-state index contributed by atoms with van der Waals surface area (Å²) in [6.45, 7) is 4.62. The number of aromatic hydroxyl groups is 1. The summed E-state index contributed by atoms with van der Waals surface area (Å²) < 4.78 is 17.0. The van der Waals surface area contributed by atoms with Crippen molar-refractivity contribution in [2.24, 2.45) is 5.73 Å². The zero-order chi connectivity index (χ0) is 25.8. The summed E-state index contributed by atoms with van der Waals surface area (Å²) in [5, 5.41) is 20.4. The number of fused-ring (bicyclic) bond motifs is 1. The first-order valence-electron chi connectivity index (χ1n) is 11.1. The number of rotatable bonds is 8. The highest BCUT2D eigenvalue weighted by atomic mass is 16.5. The molecule has 0 aliphatic carbocycles. The lowest BCUT2D eigenvalue weighted by Crippen LogP contribution is -2.30. The van der Waals surface area contributed by atoms with Crippen LogP contribution in [0.25, 0.3) is 0 Å². The molecule has 0 saturated carbocycles. The second kappa shape index (κ2) is 10.2. The fourth-order valence-electron chi connectivity index (χ4n) is 3.40. The summed E-state index contributed by atoms with van der Waals surface area (Å²) in [6.07, 6.45) is 0. The molecule has 1 aliphatic rings. The van der Waals surface area contributed by atoms with Gasteiger partial charge in [-0.2, -0.15) is 9.97 Å². The summed E-state index contributed by atoms with van der Waals surface area (Å²) in [5.74, 6) is -0.925. The molecule has 2 aromatic carbocycles. The number of amides is 2. The quantitative estimate of drug-likeness (QED) is 0.272. The van der Waals surface area contributed by atoms with Gasteiger partial charge in [-0.05, 0) is 50.2 Å². The molecule has 36 heavy (non-hydrogen) atoms. The molecular formula is C24H24N6O6. The summed E-state index contributed by atoms with van der Waals surface area (Å²) in [4.78, 5) is 34.7. The van der Waals surface area contributed by atoms with Crippen molar-refractivity contribution in [2.75, 3.05) is 25.0 Å². The number of phenolic OH excluding ortho intramolecular Hbond substituents is 1. The monoisotopic (exact) mass is 492 g/mol. The highest BCUT2D eigenvalue weighted by Gasteiger charge is 2.26. The fourth-order valence-corrected chi connectivity index (χ4v) is 3.40. The topological polar surface area (TPSA) is 173 Å². The number of carbonyl (C=O) groups excluding carboxylic acids is 2. The molecule has 2 heterocycles. The first-order chi connectivity index (χ1) is 17.3. The van der Waals surface area contributed by atoms with Crippen LogP contribution >= 0.6 is 0 Å². The summed E-state index contributed by atoms with van der Waals surface area (Å²) >= 11 is 0. The summed E-state index contributed by atoms with van der Waals surface area (Å²) in [5.41, 5.74) is 6.34. The van der Waals surface area contributed by atoms with Crippen LogP contribution in [0.4, 0.5) is 5.69 Å². The van der Waals surface area contributed by atoms with E-state index in [1.54, 1.807) is 29.2 Å². The molecule has 0 unspecified atom stereocenters. The van der Waals surface area contributed by atoms with Gasteiger partial charge in [0.05, 0.1) is 0 Å². The van der Waals surface area contributed by atoms with Crippen LogP contribution in [0.5, 0.6) is 35.0 Å². The molecule has 1 aromatic heterocycles. The third-order valence-corrected chi connectivity index (χ3v) is 5.24. The van der Waals surface area contributed by atoms with Crippen molar-refractivity contribution >= 4 is 23.3 Å². The number of nitrogens with zero attached hydrogens (tertiary/aromatic N) is 3. The normalized spacial score (nSPS) is 12.1. The van der Waals surface area contributed by atoms with Crippen LogP contribution in [0.2, 0.25) is 0 Å². The molecule has 0 radical (unpaired) electrons. The van der Waals surface area contributed by atoms with Gasteiger partial charge in [0, 0.05) is 24.2 Å². The zero-order valence-corrected chi connectivity index (χ0v) is 19.6. The number of phenols is 1. The number of benzene rings is 2. The van der Waals surface area contributed by atoms with E-state index in [-0.39, 0.29) is 59.1 Å². The van der Waals surface area contributed by atoms with Crippen LogP contribution in [-0.4, -0.2) is 57.3 Å². The van der Waals surface area contributed by atoms with Crippen LogP contribution < -0.4 is 25.3 Å². The van der Waals surface area contributed by atoms with Gasteiger partial charge in [-0.3, -0.25) is 15.0 Å². The van der Waals surface area contributed by atoms with E-state index in [0.717, 1.165) is 0 Å². The Morgan fingerprint density at radius 2 is 1.94 bits per heavy atom. The second-order valence-corrected chi connectivity index (χ2v) is 7.63. The Hall–Kier alpha value is -4.87. The molecule has 0 saturated heterocycles. The number of anilines is 1. The van der Waals surface area contributed by atoms with Crippen molar-refractivity contribution < 1.29 is 28.9 Å². The number of aromatic nitrogens is 2. The van der Waals surface area contributed by atoms with E-state index in [4.69, 9.17) is 25.4 Å². The van der Waals surface area contributed by atoms with Crippen molar-refractivity contribution in [2.45, 2.75) is 13.8 Å². The Labute approximate surface area is 206 Å². The molecule has 0 bridgehead atoms. The lowest BCUT2D eigenvalue weighted by molar-refractivity contribution is -0.118. The Balaban J connectivity index is 1.70. The predicted molar refractivity (Wildman–Crippen MR) is 129 cm³/mol. The van der Waals surface area contributed by atoms with Crippen LogP contribution in [0.15, 0.2) is 42.5 Å². The number of hydrogen-bond donors (Lipinski definition) is 4. The molecule has 0 spiro atoms. The van der Waals surface area contributed by atoms with E-state index in [1.807, 2.05) is 13.8 Å². The first kappa shape index (κ1) is 24.3. The van der Waals surface area contributed by atoms with E-state index in [0.29, 0.717) is 24.2 Å². The third-order valence-electron chi connectivity index (χ3n) is 5.24. The van der Waals surface area contributed by atoms with Gasteiger partial charge in [-0.25, -0.2) is 0 Å². The van der Waals surface area contributed by atoms with Crippen molar-refractivity contribution in [3.05, 3.63) is 53.6 Å². The highest BCUT2D eigenvalue weighted by molar-refractivity contribution is 5.97. The number of amidine groups is 1. The van der Waals surface area contributed by atoms with Crippen molar-refractivity contribution in [3.63, 3.8) is 0 Å². The molecule has 0 fully saturated rings. The largest absolute Gasteiger partial charge is 0.504 e. The van der Waals surface area contributed by atoms with Gasteiger partial charge < -0.3 is 35.3 Å². The molecule has 12 nitrogen and oxygen atoms in total. The van der Waals surface area contributed by atoms with E-state index in [2.05, 4.69) is 15.3 Å². The molecule has 12 heteroatoms. The second-order valence-electron chi connectivity index (χ2n) is 7.63. The van der Waals surface area contributed by atoms with E-state index in [1.165, 1.54) is 18.2 Å². The number of nitrogens with one attached hydrogen (secondary N) is 2. The van der Waals surface area contributed by atoms with Crippen LogP contribution in [0.3, 0.4) is 0 Å². The maximum atomic E-state index is 12.8. The Kier molecular flexibility index (Phi) is 6.86. The average Bonchev–Trinajstić information content (AvgIpc) is 2.86. The molecule has 1 aliphatic heterocycles. The highest BCUT2D eigenvalue weighted by Crippen LogP contribution is 2.40. The lowest BCUT2D eigenvalue weighted by atomic mass is 10.2. The number of carbonyl (C=O) groups is 2. The maximum Gasteiger partial charge on any atom is 0.328 e. The van der Waals surface area contributed by atoms with E-state index in [9.17, 15) is 14.7 Å². The smallest absolute Gasteiger partial charge is 0.328 e. The number of nitrogens with two attached hydrogens (primary N) is 1. The Bertz CT molecular complexity index is 1340. The maximum absolute atomic E-state index is 12.8. The zero-order valence-electron chi connectivity index (χ0n) is 19.6. The van der Waals surface area contributed by atoms with Gasteiger partial charge in [0.15, 0.2) is 23.8 Å².